The zero-order valence-corrected chi connectivity index (χ0v) is 10.8. The molecule has 1 aliphatic rings. The molecule has 4 heteroatoms. The number of hydrogen-bond donors (Lipinski definition) is 1. The molecule has 17 heavy (non-hydrogen) atoms. The van der Waals surface area contributed by atoms with Gasteiger partial charge in [0.15, 0.2) is 0 Å². The fraction of sp³-hybridized carbons (Fsp3) is 0.846. The van der Waals surface area contributed by atoms with Gasteiger partial charge in [-0.15, -0.1) is 0 Å². The zero-order valence-electron chi connectivity index (χ0n) is 10.8. The molecule has 0 spiro atoms. The highest BCUT2D eigenvalue weighted by Gasteiger charge is 2.28. The van der Waals surface area contributed by atoms with Crippen LogP contribution in [-0.4, -0.2) is 24.0 Å². The summed E-state index contributed by atoms with van der Waals surface area (Å²) in [5.41, 5.74) is 0. The first-order valence-corrected chi connectivity index (χ1v) is 6.66. The number of nitrogens with one attached hydrogen (secondary N) is 1. The molecule has 98 valence electrons. The second kappa shape index (κ2) is 7.30. The highest BCUT2D eigenvalue weighted by atomic mass is 16.5. The van der Waals surface area contributed by atoms with Gasteiger partial charge >= 0.3 is 5.97 Å². The van der Waals surface area contributed by atoms with Crippen molar-refractivity contribution in [1.82, 2.24) is 5.32 Å². The van der Waals surface area contributed by atoms with Crippen molar-refractivity contribution in [3.05, 3.63) is 0 Å². The number of carbonyl (C=O) groups is 2. The van der Waals surface area contributed by atoms with Crippen LogP contribution in [0.5, 0.6) is 0 Å². The molecule has 0 bridgehead atoms. The summed E-state index contributed by atoms with van der Waals surface area (Å²) in [6.07, 6.45) is 5.60. The van der Waals surface area contributed by atoms with E-state index in [4.69, 9.17) is 4.74 Å². The fourth-order valence-electron chi connectivity index (χ4n) is 2.16. The van der Waals surface area contributed by atoms with Gasteiger partial charge in [-0.1, -0.05) is 20.3 Å². The van der Waals surface area contributed by atoms with Gasteiger partial charge in [0.05, 0.1) is 6.04 Å². The molecule has 1 amide bonds. The normalized spacial score (nSPS) is 24.1. The molecule has 1 saturated carbocycles. The maximum absolute atomic E-state index is 11.6. The van der Waals surface area contributed by atoms with Crippen molar-refractivity contribution >= 4 is 11.9 Å². The van der Waals surface area contributed by atoms with Gasteiger partial charge in [-0.2, -0.15) is 0 Å². The van der Waals surface area contributed by atoms with Crippen LogP contribution in [0.25, 0.3) is 0 Å². The van der Waals surface area contributed by atoms with Crippen LogP contribution >= 0.6 is 0 Å². The number of hydrogen-bond acceptors (Lipinski definition) is 3. The van der Waals surface area contributed by atoms with E-state index in [0.29, 0.717) is 12.8 Å². The minimum atomic E-state index is -0.174. The molecule has 1 rings (SSSR count). The van der Waals surface area contributed by atoms with E-state index < -0.39 is 0 Å². The first-order chi connectivity index (χ1) is 8.17. The second-order valence-electron chi connectivity index (χ2n) is 4.59. The Balaban J connectivity index is 2.47. The van der Waals surface area contributed by atoms with Crippen LogP contribution in [0.3, 0.4) is 0 Å². The van der Waals surface area contributed by atoms with E-state index in [1.165, 1.54) is 0 Å². The van der Waals surface area contributed by atoms with Crippen molar-refractivity contribution in [1.29, 1.82) is 0 Å². The molecule has 4 nitrogen and oxygen atoms in total. The molecule has 0 unspecified atom stereocenters. The molecule has 0 radical (unpaired) electrons. The number of esters is 1. The molecular formula is C13H23NO3. The molecule has 1 fully saturated rings. The molecule has 0 heterocycles. The van der Waals surface area contributed by atoms with Crippen molar-refractivity contribution in [3.63, 3.8) is 0 Å². The largest absolute Gasteiger partial charge is 0.460 e. The number of carbonyl (C=O) groups excluding carboxylic acids is 2. The van der Waals surface area contributed by atoms with Gasteiger partial charge < -0.3 is 10.1 Å². The van der Waals surface area contributed by atoms with Crippen LogP contribution in [0.2, 0.25) is 0 Å². The van der Waals surface area contributed by atoms with Crippen molar-refractivity contribution in [2.75, 3.05) is 0 Å². The summed E-state index contributed by atoms with van der Waals surface area (Å²) in [5, 5.41) is 2.98. The quantitative estimate of drug-likeness (QED) is 0.750. The average Bonchev–Trinajstić information content (AvgIpc) is 2.31. The van der Waals surface area contributed by atoms with Gasteiger partial charge in [0, 0.05) is 12.8 Å². The fourth-order valence-corrected chi connectivity index (χ4v) is 2.16. The Bertz CT molecular complexity index is 265. The van der Waals surface area contributed by atoms with E-state index in [1.807, 2.05) is 6.92 Å². The Hall–Kier alpha value is -1.06. The van der Waals surface area contributed by atoms with Crippen LogP contribution in [-0.2, 0) is 14.3 Å². The predicted molar refractivity (Wildman–Crippen MR) is 65.5 cm³/mol. The van der Waals surface area contributed by atoms with E-state index in [1.54, 1.807) is 6.92 Å². The van der Waals surface area contributed by atoms with Crippen LogP contribution in [0, 0.1) is 0 Å². The molecule has 0 aromatic heterocycles. The van der Waals surface area contributed by atoms with E-state index >= 15 is 0 Å². The van der Waals surface area contributed by atoms with Crippen LogP contribution < -0.4 is 5.32 Å². The van der Waals surface area contributed by atoms with Crippen molar-refractivity contribution in [2.24, 2.45) is 0 Å². The van der Waals surface area contributed by atoms with E-state index in [2.05, 4.69) is 5.32 Å². The summed E-state index contributed by atoms with van der Waals surface area (Å²) in [5.74, 6) is -0.108. The minimum absolute atomic E-state index is 0.0123. The van der Waals surface area contributed by atoms with Crippen LogP contribution in [0.4, 0.5) is 0 Å². The lowest BCUT2D eigenvalue weighted by molar-refractivity contribution is -0.152. The standard InChI is InChI=1S/C13H23NO3/c1-3-7-12(15)14-10-8-5-6-9-11(10)17-13(16)4-2/h10-11H,3-9H2,1-2H3,(H,14,15)/t10-,11-/m0/s1. The molecular weight excluding hydrogens is 218 g/mol. The highest BCUT2D eigenvalue weighted by molar-refractivity contribution is 5.76. The van der Waals surface area contributed by atoms with Gasteiger partial charge in [0.1, 0.15) is 6.10 Å². The number of rotatable bonds is 5. The molecule has 0 saturated heterocycles. The summed E-state index contributed by atoms with van der Waals surface area (Å²) < 4.78 is 5.38. The smallest absolute Gasteiger partial charge is 0.305 e. The molecule has 1 N–H and O–H groups in total. The molecule has 0 aliphatic heterocycles. The SMILES string of the molecule is CCCC(=O)N[C@H]1CCCC[C@@H]1OC(=O)CC. The van der Waals surface area contributed by atoms with E-state index in [-0.39, 0.29) is 24.0 Å². The molecule has 0 aromatic rings. The highest BCUT2D eigenvalue weighted by Crippen LogP contribution is 2.22. The third-order valence-electron chi connectivity index (χ3n) is 3.10. The predicted octanol–water partition coefficient (Wildman–Crippen LogP) is 2.17. The number of amides is 1. The first-order valence-electron chi connectivity index (χ1n) is 6.66. The van der Waals surface area contributed by atoms with Crippen molar-refractivity contribution in [3.8, 4) is 0 Å². The average molecular weight is 241 g/mol. The molecule has 0 aromatic carbocycles. The van der Waals surface area contributed by atoms with Gasteiger partial charge in [-0.05, 0) is 25.7 Å². The van der Waals surface area contributed by atoms with E-state index in [0.717, 1.165) is 32.1 Å². The lowest BCUT2D eigenvalue weighted by Gasteiger charge is -2.31. The van der Waals surface area contributed by atoms with Gasteiger partial charge in [0.25, 0.3) is 0 Å². The Labute approximate surface area is 103 Å². The second-order valence-corrected chi connectivity index (χ2v) is 4.59. The van der Waals surface area contributed by atoms with Gasteiger partial charge in [-0.3, -0.25) is 9.59 Å². The monoisotopic (exact) mass is 241 g/mol. The molecule has 1 aliphatic carbocycles. The van der Waals surface area contributed by atoms with Crippen LogP contribution in [0.15, 0.2) is 0 Å². The number of ether oxygens (including phenoxy) is 1. The van der Waals surface area contributed by atoms with E-state index in [9.17, 15) is 9.59 Å². The minimum Gasteiger partial charge on any atom is -0.460 e. The maximum atomic E-state index is 11.6. The van der Waals surface area contributed by atoms with Gasteiger partial charge in [0.2, 0.25) is 5.91 Å². The third kappa shape index (κ3) is 4.75. The summed E-state index contributed by atoms with van der Waals surface area (Å²) in [4.78, 5) is 22.9. The summed E-state index contributed by atoms with van der Waals surface area (Å²) >= 11 is 0. The zero-order chi connectivity index (χ0) is 12.7. The Kier molecular flexibility index (Phi) is 6.01. The van der Waals surface area contributed by atoms with Crippen LogP contribution in [0.1, 0.15) is 58.8 Å². The third-order valence-corrected chi connectivity index (χ3v) is 3.10. The molecule has 2 atom stereocenters. The maximum Gasteiger partial charge on any atom is 0.305 e. The lowest BCUT2D eigenvalue weighted by atomic mass is 9.92. The van der Waals surface area contributed by atoms with Crippen molar-refractivity contribution in [2.45, 2.75) is 70.9 Å². The Morgan fingerprint density at radius 2 is 1.94 bits per heavy atom. The van der Waals surface area contributed by atoms with Gasteiger partial charge in [-0.25, -0.2) is 0 Å². The summed E-state index contributed by atoms with van der Waals surface area (Å²) in [6, 6.07) is 0.0123. The summed E-state index contributed by atoms with van der Waals surface area (Å²) in [7, 11) is 0. The lowest BCUT2D eigenvalue weighted by Crippen LogP contribution is -2.46. The topological polar surface area (TPSA) is 55.4 Å². The Morgan fingerprint density at radius 1 is 1.24 bits per heavy atom. The van der Waals surface area contributed by atoms with Crippen molar-refractivity contribution < 1.29 is 14.3 Å². The first kappa shape index (κ1) is 14.0. The summed E-state index contributed by atoms with van der Waals surface area (Å²) in [6.45, 7) is 3.77. The Morgan fingerprint density at radius 3 is 2.59 bits per heavy atom.